The van der Waals surface area contributed by atoms with Crippen molar-refractivity contribution in [3.63, 3.8) is 0 Å². The Morgan fingerprint density at radius 2 is 1.94 bits per heavy atom. The third-order valence-corrected chi connectivity index (χ3v) is 8.55. The van der Waals surface area contributed by atoms with Gasteiger partial charge in [-0.2, -0.15) is 0 Å². The molecule has 1 aliphatic carbocycles. The minimum absolute atomic E-state index is 0.0916. The number of benzene rings is 1. The summed E-state index contributed by atoms with van der Waals surface area (Å²) in [5, 5.41) is 6.73. The monoisotopic (exact) mass is 535 g/mol. The van der Waals surface area contributed by atoms with Crippen molar-refractivity contribution in [1.29, 1.82) is 0 Å². The van der Waals surface area contributed by atoms with Crippen LogP contribution in [0, 0.1) is 11.8 Å². The number of hydrogen-bond donors (Lipinski definition) is 2. The van der Waals surface area contributed by atoms with Crippen molar-refractivity contribution in [2.45, 2.75) is 62.3 Å². The number of fused-ring (bicyclic) bond motifs is 1. The van der Waals surface area contributed by atoms with Crippen molar-refractivity contribution in [2.24, 2.45) is 11.8 Å². The van der Waals surface area contributed by atoms with Crippen LogP contribution in [-0.4, -0.2) is 66.7 Å². The third-order valence-electron chi connectivity index (χ3n) is 7.81. The van der Waals surface area contributed by atoms with Gasteiger partial charge in [-0.1, -0.05) is 54.6 Å². The van der Waals surface area contributed by atoms with E-state index in [0.717, 1.165) is 25.7 Å². The molecule has 2 saturated heterocycles. The summed E-state index contributed by atoms with van der Waals surface area (Å²) in [5.74, 6) is -2.37. The van der Waals surface area contributed by atoms with Crippen molar-refractivity contribution in [3.8, 4) is 0 Å². The van der Waals surface area contributed by atoms with Crippen molar-refractivity contribution in [1.82, 2.24) is 10.2 Å². The van der Waals surface area contributed by atoms with E-state index < -0.39 is 29.6 Å². The lowest BCUT2D eigenvalue weighted by molar-refractivity contribution is -0.141. The number of amides is 3. The first-order chi connectivity index (χ1) is 17.4. The summed E-state index contributed by atoms with van der Waals surface area (Å²) in [6.45, 7) is 0.801. The topological polar surface area (TPSA) is 97.0 Å². The van der Waals surface area contributed by atoms with E-state index in [0.29, 0.717) is 35.3 Å². The molecular formula is C26H31Cl2N3O5. The molecule has 5 rings (SSSR count). The minimum Gasteiger partial charge on any atom is -0.385 e. The van der Waals surface area contributed by atoms with E-state index in [4.69, 9.17) is 32.7 Å². The maximum absolute atomic E-state index is 13.8. The molecule has 3 heterocycles. The van der Waals surface area contributed by atoms with E-state index in [9.17, 15) is 14.4 Å². The van der Waals surface area contributed by atoms with Crippen LogP contribution < -0.4 is 10.6 Å². The van der Waals surface area contributed by atoms with Gasteiger partial charge in [-0.25, -0.2) is 0 Å². The van der Waals surface area contributed by atoms with Gasteiger partial charge < -0.3 is 25.0 Å². The van der Waals surface area contributed by atoms with Crippen LogP contribution in [0.4, 0.5) is 5.69 Å². The number of likely N-dealkylation sites (tertiary alicyclic amines) is 1. The number of rotatable bonds is 8. The molecule has 0 aromatic heterocycles. The van der Waals surface area contributed by atoms with Crippen LogP contribution in [0.3, 0.4) is 0 Å². The average Bonchev–Trinajstić information content (AvgIpc) is 3.50. The zero-order chi connectivity index (χ0) is 25.4. The first-order valence-electron chi connectivity index (χ1n) is 12.6. The number of carbonyl (C=O) groups excluding carboxylic acids is 3. The quantitative estimate of drug-likeness (QED) is 0.391. The number of nitrogens with zero attached hydrogens (tertiary/aromatic N) is 1. The predicted octanol–water partition coefficient (Wildman–Crippen LogP) is 3.57. The molecule has 1 saturated carbocycles. The van der Waals surface area contributed by atoms with Gasteiger partial charge in [0.1, 0.15) is 11.6 Å². The Morgan fingerprint density at radius 1 is 1.17 bits per heavy atom. The molecule has 36 heavy (non-hydrogen) atoms. The second-order valence-electron chi connectivity index (χ2n) is 10.0. The van der Waals surface area contributed by atoms with E-state index in [1.807, 2.05) is 12.2 Å². The van der Waals surface area contributed by atoms with Gasteiger partial charge in [0.2, 0.25) is 17.7 Å². The molecule has 4 aliphatic rings. The SMILES string of the molecule is COCCCN1C(=O)[C@H]2C(C(=O)Nc3ccc(Cl)c(Cl)c3)[C@H]3C=CC2(O3)C1C(=O)NC1CCCCC1. The summed E-state index contributed by atoms with van der Waals surface area (Å²) in [6, 6.07) is 4.07. The number of nitrogens with one attached hydrogen (secondary N) is 2. The second-order valence-corrected chi connectivity index (χ2v) is 10.9. The van der Waals surface area contributed by atoms with Gasteiger partial charge in [0, 0.05) is 32.0 Å². The predicted molar refractivity (Wildman–Crippen MR) is 136 cm³/mol. The number of anilines is 1. The van der Waals surface area contributed by atoms with Crippen LogP contribution >= 0.6 is 23.2 Å². The zero-order valence-corrected chi connectivity index (χ0v) is 21.7. The fraction of sp³-hybridized carbons (Fsp3) is 0.577. The summed E-state index contributed by atoms with van der Waals surface area (Å²) in [5.41, 5.74) is -0.697. The number of hydrogen-bond acceptors (Lipinski definition) is 5. The largest absolute Gasteiger partial charge is 0.385 e. The molecule has 3 aliphatic heterocycles. The Morgan fingerprint density at radius 3 is 2.67 bits per heavy atom. The Bertz CT molecular complexity index is 1080. The van der Waals surface area contributed by atoms with Crippen LogP contribution in [0.5, 0.6) is 0 Å². The maximum atomic E-state index is 13.8. The lowest BCUT2D eigenvalue weighted by Gasteiger charge is -2.34. The third kappa shape index (κ3) is 4.42. The van der Waals surface area contributed by atoms with E-state index in [1.54, 1.807) is 30.2 Å². The Balaban J connectivity index is 1.41. The highest BCUT2D eigenvalue weighted by atomic mass is 35.5. The molecule has 8 nitrogen and oxygen atoms in total. The highest BCUT2D eigenvalue weighted by Crippen LogP contribution is 2.55. The molecule has 1 aromatic carbocycles. The van der Waals surface area contributed by atoms with E-state index >= 15 is 0 Å². The molecular weight excluding hydrogens is 505 g/mol. The van der Waals surface area contributed by atoms with Gasteiger partial charge in [0.05, 0.1) is 28.0 Å². The van der Waals surface area contributed by atoms with Gasteiger partial charge in [0.25, 0.3) is 0 Å². The Hall–Kier alpha value is -2.13. The first kappa shape index (κ1) is 25.5. The Kier molecular flexibility index (Phi) is 7.32. The highest BCUT2D eigenvalue weighted by Gasteiger charge is 2.72. The van der Waals surface area contributed by atoms with Gasteiger partial charge in [-0.05, 0) is 37.5 Å². The molecule has 2 N–H and O–H groups in total. The maximum Gasteiger partial charge on any atom is 0.246 e. The first-order valence-corrected chi connectivity index (χ1v) is 13.3. The van der Waals surface area contributed by atoms with Crippen molar-refractivity contribution in [2.75, 3.05) is 25.6 Å². The molecule has 3 unspecified atom stereocenters. The van der Waals surface area contributed by atoms with Crippen LogP contribution in [0.25, 0.3) is 0 Å². The van der Waals surface area contributed by atoms with E-state index in [1.165, 1.54) is 6.42 Å². The molecule has 3 fully saturated rings. The number of halogens is 2. The minimum atomic E-state index is -1.17. The van der Waals surface area contributed by atoms with Crippen LogP contribution in [-0.2, 0) is 23.9 Å². The van der Waals surface area contributed by atoms with Gasteiger partial charge in [-0.3, -0.25) is 14.4 Å². The molecule has 5 atom stereocenters. The number of methoxy groups -OCH3 is 1. The fourth-order valence-electron chi connectivity index (χ4n) is 6.21. The van der Waals surface area contributed by atoms with E-state index in [2.05, 4.69) is 10.6 Å². The molecule has 1 aromatic rings. The van der Waals surface area contributed by atoms with Crippen LogP contribution in [0.1, 0.15) is 38.5 Å². The Labute approximate surface area is 220 Å². The molecule has 1 spiro atoms. The zero-order valence-electron chi connectivity index (χ0n) is 20.2. The van der Waals surface area contributed by atoms with Crippen LogP contribution in [0.15, 0.2) is 30.4 Å². The molecule has 3 amide bonds. The van der Waals surface area contributed by atoms with Crippen molar-refractivity contribution >= 4 is 46.6 Å². The molecule has 194 valence electrons. The summed E-state index contributed by atoms with van der Waals surface area (Å²) < 4.78 is 11.5. The summed E-state index contributed by atoms with van der Waals surface area (Å²) in [4.78, 5) is 42.5. The summed E-state index contributed by atoms with van der Waals surface area (Å²) >= 11 is 12.1. The number of ether oxygens (including phenoxy) is 2. The molecule has 2 bridgehead atoms. The standard InChI is InChI=1S/C26H31Cl2N3O5/c1-35-13-5-12-31-22(24(33)29-15-6-3-2-4-7-15)26-11-10-19(36-26)20(21(26)25(31)34)23(32)30-16-8-9-17(27)18(28)14-16/h8-11,14-15,19-22H,2-7,12-13H2,1H3,(H,29,33)(H,30,32)/t19-,20?,21-,22?,26?/m1/s1. The van der Waals surface area contributed by atoms with Gasteiger partial charge in [0.15, 0.2) is 0 Å². The van der Waals surface area contributed by atoms with Crippen molar-refractivity contribution in [3.05, 3.63) is 40.4 Å². The lowest BCUT2D eigenvalue weighted by Crippen LogP contribution is -2.56. The van der Waals surface area contributed by atoms with E-state index in [-0.39, 0.29) is 23.8 Å². The van der Waals surface area contributed by atoms with Crippen molar-refractivity contribution < 1.29 is 23.9 Å². The van der Waals surface area contributed by atoms with Gasteiger partial charge >= 0.3 is 0 Å². The molecule has 10 heteroatoms. The lowest BCUT2D eigenvalue weighted by atomic mass is 9.74. The normalized spacial score (nSPS) is 31.1. The van der Waals surface area contributed by atoms with Gasteiger partial charge in [-0.15, -0.1) is 0 Å². The number of carbonyl (C=O) groups is 3. The molecule has 0 radical (unpaired) electrons. The van der Waals surface area contributed by atoms with Crippen LogP contribution in [0.2, 0.25) is 10.0 Å². The fourth-order valence-corrected chi connectivity index (χ4v) is 6.51. The smallest absolute Gasteiger partial charge is 0.246 e. The second kappa shape index (κ2) is 10.3. The summed E-state index contributed by atoms with van der Waals surface area (Å²) in [7, 11) is 1.60. The highest BCUT2D eigenvalue weighted by molar-refractivity contribution is 6.42. The average molecular weight is 536 g/mol. The summed E-state index contributed by atoms with van der Waals surface area (Å²) in [6.07, 6.45) is 8.81.